The summed E-state index contributed by atoms with van der Waals surface area (Å²) in [6, 6.07) is 29.6. The van der Waals surface area contributed by atoms with Gasteiger partial charge in [0.2, 0.25) is 0 Å². The minimum absolute atomic E-state index is 0.247. The number of hydrogen-bond donors (Lipinski definition) is 1. The average Bonchev–Trinajstić information content (AvgIpc) is 2.89. The van der Waals surface area contributed by atoms with Gasteiger partial charge in [-0.15, -0.1) is 0 Å². The van der Waals surface area contributed by atoms with E-state index in [0.29, 0.717) is 19.8 Å². The molecule has 5 atom stereocenters. The summed E-state index contributed by atoms with van der Waals surface area (Å²) in [5.74, 6) is 0. The van der Waals surface area contributed by atoms with Gasteiger partial charge in [0.25, 0.3) is 0 Å². The highest BCUT2D eigenvalue weighted by molar-refractivity contribution is 5.15. The van der Waals surface area contributed by atoms with Crippen LogP contribution in [0.15, 0.2) is 91.0 Å². The monoisotopic (exact) mass is 464 g/mol. The Balaban J connectivity index is 1.44. The van der Waals surface area contributed by atoms with Crippen molar-refractivity contribution in [2.45, 2.75) is 50.5 Å². The van der Waals surface area contributed by atoms with Gasteiger partial charge in [-0.2, -0.15) is 0 Å². The summed E-state index contributed by atoms with van der Waals surface area (Å²) >= 11 is 0. The van der Waals surface area contributed by atoms with Gasteiger partial charge in [0.15, 0.2) is 6.29 Å². The lowest BCUT2D eigenvalue weighted by molar-refractivity contribution is -0.315. The van der Waals surface area contributed by atoms with Crippen molar-refractivity contribution in [3.8, 4) is 0 Å². The Morgan fingerprint density at radius 1 is 0.676 bits per heavy atom. The van der Waals surface area contributed by atoms with Crippen molar-refractivity contribution >= 4 is 0 Å². The van der Waals surface area contributed by atoms with Crippen LogP contribution in [0.3, 0.4) is 0 Å². The van der Waals surface area contributed by atoms with Gasteiger partial charge in [0.05, 0.1) is 26.4 Å². The van der Waals surface area contributed by atoms with Crippen LogP contribution in [0.2, 0.25) is 0 Å². The molecule has 3 unspecified atom stereocenters. The van der Waals surface area contributed by atoms with Crippen LogP contribution in [0.5, 0.6) is 0 Å². The molecule has 1 aliphatic heterocycles. The molecule has 1 aliphatic rings. The number of methoxy groups -OCH3 is 1. The van der Waals surface area contributed by atoms with Crippen molar-refractivity contribution < 1.29 is 28.8 Å². The third-order valence-corrected chi connectivity index (χ3v) is 5.81. The van der Waals surface area contributed by atoms with Crippen LogP contribution in [-0.2, 0) is 43.5 Å². The number of ether oxygens (including phenoxy) is 5. The summed E-state index contributed by atoms with van der Waals surface area (Å²) in [7, 11) is 1.54. The first-order chi connectivity index (χ1) is 16.7. The fourth-order valence-electron chi connectivity index (χ4n) is 4.00. The largest absolute Gasteiger partial charge is 0.387 e. The summed E-state index contributed by atoms with van der Waals surface area (Å²) in [6.07, 6.45) is -3.60. The zero-order valence-electron chi connectivity index (χ0n) is 19.4. The predicted octanol–water partition coefficient (Wildman–Crippen LogP) is 4.11. The fourth-order valence-corrected chi connectivity index (χ4v) is 4.00. The highest BCUT2D eigenvalue weighted by atomic mass is 16.7. The van der Waals surface area contributed by atoms with Crippen LogP contribution in [0.4, 0.5) is 0 Å². The van der Waals surface area contributed by atoms with Crippen LogP contribution < -0.4 is 0 Å². The zero-order chi connectivity index (χ0) is 23.6. The molecule has 3 aromatic rings. The van der Waals surface area contributed by atoms with Crippen LogP contribution in [-0.4, -0.2) is 49.5 Å². The Labute approximate surface area is 201 Å². The number of hydrogen-bond acceptors (Lipinski definition) is 6. The third kappa shape index (κ3) is 6.73. The lowest BCUT2D eigenvalue weighted by Crippen LogP contribution is -2.60. The van der Waals surface area contributed by atoms with E-state index < -0.39 is 30.7 Å². The Bertz CT molecular complexity index is 950. The van der Waals surface area contributed by atoms with E-state index in [2.05, 4.69) is 0 Å². The van der Waals surface area contributed by atoms with Gasteiger partial charge in [-0.3, -0.25) is 0 Å². The highest BCUT2D eigenvalue weighted by Crippen LogP contribution is 2.28. The normalized spacial score (nSPS) is 24.7. The Kier molecular flexibility index (Phi) is 9.21. The van der Waals surface area contributed by atoms with Crippen LogP contribution in [0.25, 0.3) is 0 Å². The molecule has 3 aromatic carbocycles. The first kappa shape index (κ1) is 24.5. The number of rotatable bonds is 11. The topological polar surface area (TPSA) is 66.4 Å². The molecule has 0 spiro atoms. The van der Waals surface area contributed by atoms with Gasteiger partial charge >= 0.3 is 0 Å². The van der Waals surface area contributed by atoms with Crippen LogP contribution in [0.1, 0.15) is 16.7 Å². The molecule has 4 rings (SSSR count). The minimum atomic E-state index is -0.962. The molecule has 1 heterocycles. The predicted molar refractivity (Wildman–Crippen MR) is 128 cm³/mol. The number of aliphatic hydroxyl groups excluding tert-OH is 1. The fraction of sp³-hybridized carbons (Fsp3) is 0.357. The second-order valence-corrected chi connectivity index (χ2v) is 8.29. The van der Waals surface area contributed by atoms with Crippen molar-refractivity contribution in [1.29, 1.82) is 0 Å². The molecule has 6 nitrogen and oxygen atoms in total. The Morgan fingerprint density at radius 3 is 1.65 bits per heavy atom. The van der Waals surface area contributed by atoms with E-state index >= 15 is 0 Å². The summed E-state index contributed by atoms with van der Waals surface area (Å²) in [5, 5.41) is 11.3. The van der Waals surface area contributed by atoms with Gasteiger partial charge in [-0.1, -0.05) is 91.0 Å². The van der Waals surface area contributed by atoms with Gasteiger partial charge in [-0.05, 0) is 16.7 Å². The average molecular weight is 465 g/mol. The molecule has 1 fully saturated rings. The second-order valence-electron chi connectivity index (χ2n) is 8.29. The van der Waals surface area contributed by atoms with Crippen LogP contribution in [0, 0.1) is 0 Å². The zero-order valence-corrected chi connectivity index (χ0v) is 19.4. The van der Waals surface area contributed by atoms with E-state index in [9.17, 15) is 5.11 Å². The van der Waals surface area contributed by atoms with E-state index in [-0.39, 0.29) is 6.61 Å². The van der Waals surface area contributed by atoms with E-state index in [1.54, 1.807) is 7.11 Å². The Hall–Kier alpha value is -2.58. The maximum absolute atomic E-state index is 11.3. The van der Waals surface area contributed by atoms with Gasteiger partial charge in [0, 0.05) is 7.11 Å². The number of benzene rings is 3. The molecule has 1 N–H and O–H groups in total. The second kappa shape index (κ2) is 12.8. The quantitative estimate of drug-likeness (QED) is 0.461. The molecular formula is C28H32O6. The Morgan fingerprint density at radius 2 is 1.15 bits per heavy atom. The van der Waals surface area contributed by atoms with Crippen LogP contribution >= 0.6 is 0 Å². The van der Waals surface area contributed by atoms with Crippen molar-refractivity contribution in [3.63, 3.8) is 0 Å². The molecule has 0 saturated carbocycles. The van der Waals surface area contributed by atoms with Gasteiger partial charge in [-0.25, -0.2) is 0 Å². The van der Waals surface area contributed by atoms with Gasteiger partial charge < -0.3 is 28.8 Å². The molecule has 0 amide bonds. The third-order valence-electron chi connectivity index (χ3n) is 5.81. The van der Waals surface area contributed by atoms with Crippen molar-refractivity contribution in [2.24, 2.45) is 0 Å². The standard InChI is InChI=1S/C28H32O6/c1-30-28-27(33-19-23-15-9-4-10-16-23)25(29)26(32-18-22-13-7-3-8-14-22)24(34-28)20-31-17-21-11-5-2-6-12-21/h2-16,24-29H,17-20H2,1H3/t24?,25?,26-,27?,28+/m0/s1. The molecule has 0 radical (unpaired) electrons. The first-order valence-corrected chi connectivity index (χ1v) is 11.5. The molecule has 0 aromatic heterocycles. The molecular weight excluding hydrogens is 432 g/mol. The van der Waals surface area contributed by atoms with Crippen molar-refractivity contribution in [1.82, 2.24) is 0 Å². The molecule has 0 bridgehead atoms. The molecule has 34 heavy (non-hydrogen) atoms. The van der Waals surface area contributed by atoms with E-state index in [4.69, 9.17) is 23.7 Å². The highest BCUT2D eigenvalue weighted by Gasteiger charge is 2.47. The molecule has 1 saturated heterocycles. The molecule has 0 aliphatic carbocycles. The molecule has 6 heteroatoms. The maximum atomic E-state index is 11.3. The summed E-state index contributed by atoms with van der Waals surface area (Å²) in [4.78, 5) is 0. The van der Waals surface area contributed by atoms with Gasteiger partial charge in [0.1, 0.15) is 24.4 Å². The SMILES string of the molecule is CO[C@@H]1OC(COCc2ccccc2)[C@H](OCc2ccccc2)C(O)C1OCc1ccccc1. The smallest absolute Gasteiger partial charge is 0.186 e. The first-order valence-electron chi connectivity index (χ1n) is 11.5. The van der Waals surface area contributed by atoms with E-state index in [0.717, 1.165) is 16.7 Å². The molecule has 180 valence electrons. The summed E-state index contributed by atoms with van der Waals surface area (Å²) in [5.41, 5.74) is 3.07. The summed E-state index contributed by atoms with van der Waals surface area (Å²) in [6.45, 7) is 1.35. The lowest BCUT2D eigenvalue weighted by Gasteiger charge is -2.43. The van der Waals surface area contributed by atoms with E-state index in [1.165, 1.54) is 0 Å². The van der Waals surface area contributed by atoms with Crippen molar-refractivity contribution in [3.05, 3.63) is 108 Å². The van der Waals surface area contributed by atoms with E-state index in [1.807, 2.05) is 91.0 Å². The maximum Gasteiger partial charge on any atom is 0.186 e. The minimum Gasteiger partial charge on any atom is -0.387 e. The van der Waals surface area contributed by atoms with Crippen molar-refractivity contribution in [2.75, 3.05) is 13.7 Å². The lowest BCUT2D eigenvalue weighted by atomic mass is 9.98. The summed E-state index contributed by atoms with van der Waals surface area (Å²) < 4.78 is 29.9. The number of aliphatic hydroxyl groups is 1.